The summed E-state index contributed by atoms with van der Waals surface area (Å²) in [5, 5.41) is 0.482. The minimum absolute atomic E-state index is 0.133. The van der Waals surface area contributed by atoms with Gasteiger partial charge >= 0.3 is 0 Å². The number of benzene rings is 3. The molecule has 1 aliphatic rings. The van der Waals surface area contributed by atoms with Crippen molar-refractivity contribution in [3.63, 3.8) is 0 Å². The first-order valence-corrected chi connectivity index (χ1v) is 11.1. The Morgan fingerprint density at radius 1 is 1.00 bits per heavy atom. The number of fused-ring (bicyclic) bond motifs is 2. The second-order valence-corrected chi connectivity index (χ2v) is 8.64. The lowest BCUT2D eigenvalue weighted by Crippen LogP contribution is -2.31. The molecule has 5 rings (SSSR count). The van der Waals surface area contributed by atoms with Crippen LogP contribution in [0.4, 0.5) is 0 Å². The molecule has 2 heterocycles. The van der Waals surface area contributed by atoms with Crippen LogP contribution in [0.15, 0.2) is 86.5 Å². The van der Waals surface area contributed by atoms with Crippen molar-refractivity contribution in [3.8, 4) is 5.75 Å². The number of ether oxygens (including phenoxy) is 1. The van der Waals surface area contributed by atoms with Crippen LogP contribution in [0.3, 0.4) is 0 Å². The molecule has 0 radical (unpaired) electrons. The number of methoxy groups -OCH3 is 1. The molecule has 1 atom stereocenters. The van der Waals surface area contributed by atoms with E-state index in [1.54, 1.807) is 36.3 Å². The molecular formula is C26H20BrNO4. The van der Waals surface area contributed by atoms with Gasteiger partial charge in [0.05, 0.1) is 24.1 Å². The molecule has 32 heavy (non-hydrogen) atoms. The highest BCUT2D eigenvalue weighted by molar-refractivity contribution is 9.10. The van der Waals surface area contributed by atoms with E-state index in [4.69, 9.17) is 9.15 Å². The SMILES string of the molecule is COc1ccc(CCN2C(=O)c3oc4ccccc4c(=O)c3[C@@H]2c2cccc(Br)c2)cc1. The summed E-state index contributed by atoms with van der Waals surface area (Å²) < 4.78 is 12.1. The number of amides is 1. The van der Waals surface area contributed by atoms with Crippen LogP contribution in [0.5, 0.6) is 5.75 Å². The first kappa shape index (κ1) is 20.5. The summed E-state index contributed by atoms with van der Waals surface area (Å²) >= 11 is 3.51. The van der Waals surface area contributed by atoms with Gasteiger partial charge in [-0.05, 0) is 53.9 Å². The zero-order valence-electron chi connectivity index (χ0n) is 17.4. The summed E-state index contributed by atoms with van der Waals surface area (Å²) in [6, 6.07) is 22.0. The lowest BCUT2D eigenvalue weighted by Gasteiger charge is -2.25. The molecule has 5 nitrogen and oxygen atoms in total. The normalized spacial score (nSPS) is 15.2. The Hall–Kier alpha value is -3.38. The Morgan fingerprint density at radius 3 is 2.53 bits per heavy atom. The van der Waals surface area contributed by atoms with E-state index in [2.05, 4.69) is 15.9 Å². The Labute approximate surface area is 193 Å². The third kappa shape index (κ3) is 3.50. The fraction of sp³-hybridized carbons (Fsp3) is 0.154. The first-order valence-electron chi connectivity index (χ1n) is 10.3. The summed E-state index contributed by atoms with van der Waals surface area (Å²) in [5.41, 5.74) is 2.61. The van der Waals surface area contributed by atoms with Gasteiger partial charge in [0.2, 0.25) is 5.76 Å². The topological polar surface area (TPSA) is 59.8 Å². The van der Waals surface area contributed by atoms with E-state index in [9.17, 15) is 9.59 Å². The van der Waals surface area contributed by atoms with Crippen LogP contribution >= 0.6 is 15.9 Å². The predicted molar refractivity (Wildman–Crippen MR) is 126 cm³/mol. The smallest absolute Gasteiger partial charge is 0.290 e. The second kappa shape index (κ2) is 8.28. The van der Waals surface area contributed by atoms with E-state index >= 15 is 0 Å². The molecule has 6 heteroatoms. The van der Waals surface area contributed by atoms with Crippen LogP contribution in [0.1, 0.15) is 33.3 Å². The summed E-state index contributed by atoms with van der Waals surface area (Å²) in [4.78, 5) is 28.6. The number of halogens is 1. The molecule has 0 unspecified atom stereocenters. The van der Waals surface area contributed by atoms with Crippen LogP contribution in [-0.4, -0.2) is 24.5 Å². The molecule has 1 aliphatic heterocycles. The molecular weight excluding hydrogens is 470 g/mol. The molecule has 0 aliphatic carbocycles. The fourth-order valence-corrected chi connectivity index (χ4v) is 4.68. The molecule has 3 aromatic carbocycles. The summed E-state index contributed by atoms with van der Waals surface area (Å²) in [5.74, 6) is 0.654. The largest absolute Gasteiger partial charge is 0.497 e. The molecule has 4 aromatic rings. The fourth-order valence-electron chi connectivity index (χ4n) is 4.26. The van der Waals surface area contributed by atoms with E-state index in [-0.39, 0.29) is 17.1 Å². The molecule has 1 aromatic heterocycles. The minimum atomic E-state index is -0.505. The molecule has 1 amide bonds. The minimum Gasteiger partial charge on any atom is -0.497 e. The van der Waals surface area contributed by atoms with Crippen LogP contribution in [0.25, 0.3) is 11.0 Å². The van der Waals surface area contributed by atoms with Gasteiger partial charge in [-0.15, -0.1) is 0 Å². The van der Waals surface area contributed by atoms with Gasteiger partial charge < -0.3 is 14.1 Å². The van der Waals surface area contributed by atoms with E-state index in [1.807, 2.05) is 48.5 Å². The zero-order chi connectivity index (χ0) is 22.2. The van der Waals surface area contributed by atoms with Gasteiger partial charge in [-0.3, -0.25) is 9.59 Å². The molecule has 0 bridgehead atoms. The van der Waals surface area contributed by atoms with Crippen molar-refractivity contribution in [2.24, 2.45) is 0 Å². The van der Waals surface area contributed by atoms with Gasteiger partial charge in [-0.2, -0.15) is 0 Å². The number of hydrogen-bond donors (Lipinski definition) is 0. The average molecular weight is 490 g/mol. The lowest BCUT2D eigenvalue weighted by molar-refractivity contribution is 0.0730. The highest BCUT2D eigenvalue weighted by atomic mass is 79.9. The summed E-state index contributed by atoms with van der Waals surface area (Å²) in [6.07, 6.45) is 0.641. The monoisotopic (exact) mass is 489 g/mol. The van der Waals surface area contributed by atoms with Crippen molar-refractivity contribution in [1.82, 2.24) is 4.90 Å². The van der Waals surface area contributed by atoms with Crippen LogP contribution in [-0.2, 0) is 6.42 Å². The average Bonchev–Trinajstić information content (AvgIpc) is 3.10. The number of nitrogens with zero attached hydrogens (tertiary/aromatic N) is 1. The molecule has 0 fully saturated rings. The van der Waals surface area contributed by atoms with Crippen molar-refractivity contribution < 1.29 is 13.9 Å². The van der Waals surface area contributed by atoms with E-state index in [1.165, 1.54) is 0 Å². The Balaban J connectivity index is 1.59. The maximum Gasteiger partial charge on any atom is 0.290 e. The van der Waals surface area contributed by atoms with Gasteiger partial charge in [0.25, 0.3) is 5.91 Å². The van der Waals surface area contributed by atoms with Crippen molar-refractivity contribution >= 4 is 32.8 Å². The molecule has 0 saturated carbocycles. The van der Waals surface area contributed by atoms with Gasteiger partial charge in [-0.1, -0.05) is 52.3 Å². The first-order chi connectivity index (χ1) is 15.6. The van der Waals surface area contributed by atoms with Gasteiger partial charge in [0.1, 0.15) is 11.3 Å². The number of hydrogen-bond acceptors (Lipinski definition) is 4. The number of para-hydroxylation sites is 1. The quantitative estimate of drug-likeness (QED) is 0.379. The molecule has 0 N–H and O–H groups in total. The van der Waals surface area contributed by atoms with Crippen LogP contribution < -0.4 is 10.2 Å². The van der Waals surface area contributed by atoms with Crippen molar-refractivity contribution in [1.29, 1.82) is 0 Å². The van der Waals surface area contributed by atoms with Crippen molar-refractivity contribution in [2.75, 3.05) is 13.7 Å². The highest BCUT2D eigenvalue weighted by Gasteiger charge is 2.42. The van der Waals surface area contributed by atoms with Gasteiger partial charge in [0, 0.05) is 11.0 Å². The molecule has 160 valence electrons. The maximum atomic E-state index is 13.5. The van der Waals surface area contributed by atoms with E-state index in [0.29, 0.717) is 29.5 Å². The number of carbonyl (C=O) groups is 1. The van der Waals surface area contributed by atoms with Crippen molar-refractivity contribution in [3.05, 3.63) is 110 Å². The predicted octanol–water partition coefficient (Wildman–Crippen LogP) is 5.35. The zero-order valence-corrected chi connectivity index (χ0v) is 19.0. The van der Waals surface area contributed by atoms with Gasteiger partial charge in [0.15, 0.2) is 5.43 Å². The Kier molecular flexibility index (Phi) is 5.31. The Bertz CT molecular complexity index is 1380. The maximum absolute atomic E-state index is 13.5. The molecule has 0 saturated heterocycles. The van der Waals surface area contributed by atoms with Crippen molar-refractivity contribution in [2.45, 2.75) is 12.5 Å². The van der Waals surface area contributed by atoms with Gasteiger partial charge in [-0.25, -0.2) is 0 Å². The Morgan fingerprint density at radius 2 is 1.78 bits per heavy atom. The lowest BCUT2D eigenvalue weighted by atomic mass is 9.98. The molecule has 0 spiro atoms. The third-order valence-corrected chi connectivity index (χ3v) is 6.33. The number of rotatable bonds is 5. The summed E-state index contributed by atoms with van der Waals surface area (Å²) in [7, 11) is 1.63. The summed E-state index contributed by atoms with van der Waals surface area (Å²) in [6.45, 7) is 0.447. The van der Waals surface area contributed by atoms with E-state index < -0.39 is 6.04 Å². The van der Waals surface area contributed by atoms with E-state index in [0.717, 1.165) is 21.3 Å². The van der Waals surface area contributed by atoms with Crippen LogP contribution in [0, 0.1) is 0 Å². The standard InChI is InChI=1S/C26H20BrNO4/c1-31-19-11-9-16(10-12-19)13-14-28-23(17-5-4-6-18(27)15-17)22-24(29)20-7-2-3-8-21(20)32-25(22)26(28)30/h2-12,15,23H,13-14H2,1H3/t23-/m0/s1. The van der Waals surface area contributed by atoms with Crippen LogP contribution in [0.2, 0.25) is 0 Å². The third-order valence-electron chi connectivity index (χ3n) is 5.84. The second-order valence-electron chi connectivity index (χ2n) is 7.72. The highest BCUT2D eigenvalue weighted by Crippen LogP contribution is 2.38. The number of carbonyl (C=O) groups excluding carboxylic acids is 1.